The summed E-state index contributed by atoms with van der Waals surface area (Å²) in [5.41, 5.74) is 3.20. The van der Waals surface area contributed by atoms with Gasteiger partial charge in [-0.3, -0.25) is 0 Å². The average molecular weight is 427 g/mol. The minimum atomic E-state index is -0.385. The lowest BCUT2D eigenvalue weighted by Gasteiger charge is -2.46. The molecule has 27 heavy (non-hydrogen) atoms. The van der Waals surface area contributed by atoms with Gasteiger partial charge in [-0.1, -0.05) is 72.4 Å². The quantitative estimate of drug-likeness (QED) is 0.481. The summed E-state index contributed by atoms with van der Waals surface area (Å²) in [6, 6.07) is 17.2. The van der Waals surface area contributed by atoms with Gasteiger partial charge in [0.25, 0.3) is 0 Å². The number of nitrogens with zero attached hydrogens (tertiary/aromatic N) is 2. The molecule has 0 bridgehead atoms. The molecule has 2 aliphatic heterocycles. The number of benzene rings is 2. The number of halogens is 1. The molecule has 0 fully saturated rings. The van der Waals surface area contributed by atoms with Crippen molar-refractivity contribution in [3.63, 3.8) is 0 Å². The average Bonchev–Trinajstić information content (AvgIpc) is 3.13. The third-order valence-corrected chi connectivity index (χ3v) is 6.20. The van der Waals surface area contributed by atoms with E-state index in [2.05, 4.69) is 83.3 Å². The zero-order valence-corrected chi connectivity index (χ0v) is 17.7. The minimum Gasteiger partial charge on any atom is -0.466 e. The maximum atomic E-state index is 6.53. The standard InChI is InChI=1S/C23H27BrN2O/c1-3-4-5-8-15-23(2)26-21(19-9-6-7-10-22(19)27-23)16-20(25-26)17-11-13-18(24)14-12-17/h6-7,9-14,21H,3-5,8,15-16H2,1-2H3. The van der Waals surface area contributed by atoms with Crippen LogP contribution in [0.5, 0.6) is 5.75 Å². The topological polar surface area (TPSA) is 24.8 Å². The fourth-order valence-electron chi connectivity index (χ4n) is 4.18. The van der Waals surface area contributed by atoms with E-state index in [9.17, 15) is 0 Å². The van der Waals surface area contributed by atoms with Gasteiger partial charge in [0.2, 0.25) is 0 Å². The molecule has 2 aromatic carbocycles. The van der Waals surface area contributed by atoms with E-state index in [1.165, 1.54) is 36.8 Å². The van der Waals surface area contributed by atoms with Crippen molar-refractivity contribution in [1.82, 2.24) is 5.01 Å². The van der Waals surface area contributed by atoms with E-state index in [4.69, 9.17) is 9.84 Å². The summed E-state index contributed by atoms with van der Waals surface area (Å²) in [4.78, 5) is 0. The molecule has 2 heterocycles. The van der Waals surface area contributed by atoms with Gasteiger partial charge < -0.3 is 4.74 Å². The molecule has 2 aromatic rings. The monoisotopic (exact) mass is 426 g/mol. The van der Waals surface area contributed by atoms with Crippen LogP contribution in [0.2, 0.25) is 0 Å². The van der Waals surface area contributed by atoms with Crippen molar-refractivity contribution in [2.45, 2.75) is 64.1 Å². The van der Waals surface area contributed by atoms with Crippen LogP contribution in [0.4, 0.5) is 0 Å². The van der Waals surface area contributed by atoms with E-state index < -0.39 is 0 Å². The van der Waals surface area contributed by atoms with Crippen LogP contribution in [0, 0.1) is 0 Å². The predicted octanol–water partition coefficient (Wildman–Crippen LogP) is 6.68. The Bertz CT molecular complexity index is 833. The van der Waals surface area contributed by atoms with Gasteiger partial charge in [-0.05, 0) is 37.1 Å². The first-order chi connectivity index (χ1) is 13.1. The summed E-state index contributed by atoms with van der Waals surface area (Å²) in [5, 5.41) is 7.31. The number of hydrogen-bond donors (Lipinski definition) is 0. The second kappa shape index (κ2) is 7.67. The summed E-state index contributed by atoms with van der Waals surface area (Å²) in [6.45, 7) is 4.45. The van der Waals surface area contributed by atoms with Gasteiger partial charge in [0, 0.05) is 22.9 Å². The second-order valence-electron chi connectivity index (χ2n) is 7.74. The normalized spacial score (nSPS) is 23.4. The van der Waals surface area contributed by atoms with Gasteiger partial charge in [-0.25, -0.2) is 5.01 Å². The molecular weight excluding hydrogens is 400 g/mol. The summed E-state index contributed by atoms with van der Waals surface area (Å²) >= 11 is 3.53. The highest BCUT2D eigenvalue weighted by Crippen LogP contribution is 2.48. The van der Waals surface area contributed by atoms with E-state index in [1.54, 1.807) is 0 Å². The molecule has 0 amide bonds. The summed E-state index contributed by atoms with van der Waals surface area (Å²) in [7, 11) is 0. The van der Waals surface area contributed by atoms with Gasteiger partial charge in [0.1, 0.15) is 5.75 Å². The highest BCUT2D eigenvalue weighted by atomic mass is 79.9. The molecule has 2 unspecified atom stereocenters. The number of para-hydroxylation sites is 1. The molecule has 4 heteroatoms. The Kier molecular flexibility index (Phi) is 5.27. The summed E-state index contributed by atoms with van der Waals surface area (Å²) in [6.07, 6.45) is 6.86. The molecule has 0 saturated carbocycles. The Morgan fingerprint density at radius 2 is 1.89 bits per heavy atom. The van der Waals surface area contributed by atoms with Crippen molar-refractivity contribution in [1.29, 1.82) is 0 Å². The molecule has 0 saturated heterocycles. The Labute approximate surface area is 170 Å². The van der Waals surface area contributed by atoms with Crippen LogP contribution >= 0.6 is 15.9 Å². The van der Waals surface area contributed by atoms with Crippen molar-refractivity contribution in [2.75, 3.05) is 0 Å². The van der Waals surface area contributed by atoms with Crippen molar-refractivity contribution in [3.05, 3.63) is 64.1 Å². The first-order valence-electron chi connectivity index (χ1n) is 10.0. The smallest absolute Gasteiger partial charge is 0.195 e. The molecule has 2 aliphatic rings. The van der Waals surface area contributed by atoms with Gasteiger partial charge in [0.05, 0.1) is 11.8 Å². The van der Waals surface area contributed by atoms with Crippen LogP contribution in [-0.4, -0.2) is 16.4 Å². The number of hydrogen-bond acceptors (Lipinski definition) is 3. The van der Waals surface area contributed by atoms with Crippen molar-refractivity contribution >= 4 is 21.6 Å². The van der Waals surface area contributed by atoms with Crippen molar-refractivity contribution in [2.24, 2.45) is 5.10 Å². The number of fused-ring (bicyclic) bond motifs is 3. The Morgan fingerprint density at radius 3 is 2.67 bits per heavy atom. The molecule has 0 N–H and O–H groups in total. The molecule has 4 rings (SSSR count). The predicted molar refractivity (Wildman–Crippen MR) is 114 cm³/mol. The first kappa shape index (κ1) is 18.5. The van der Waals surface area contributed by atoms with Gasteiger partial charge in [-0.2, -0.15) is 5.10 Å². The molecule has 2 atom stereocenters. The van der Waals surface area contributed by atoms with E-state index in [0.717, 1.165) is 28.8 Å². The molecule has 0 aromatic heterocycles. The largest absolute Gasteiger partial charge is 0.466 e. The molecule has 0 spiro atoms. The van der Waals surface area contributed by atoms with Crippen LogP contribution in [0.3, 0.4) is 0 Å². The maximum Gasteiger partial charge on any atom is 0.195 e. The zero-order valence-electron chi connectivity index (χ0n) is 16.1. The fraction of sp³-hybridized carbons (Fsp3) is 0.435. The lowest BCUT2D eigenvalue weighted by atomic mass is 9.93. The summed E-state index contributed by atoms with van der Waals surface area (Å²) in [5.74, 6) is 1.02. The van der Waals surface area contributed by atoms with Gasteiger partial charge in [0.15, 0.2) is 5.72 Å². The number of hydrazone groups is 1. The maximum absolute atomic E-state index is 6.53. The number of ether oxygens (including phenoxy) is 1. The van der Waals surface area contributed by atoms with E-state index >= 15 is 0 Å². The van der Waals surface area contributed by atoms with Crippen molar-refractivity contribution in [3.8, 4) is 5.75 Å². The van der Waals surface area contributed by atoms with Crippen molar-refractivity contribution < 1.29 is 4.74 Å². The Hall–Kier alpha value is -1.81. The molecule has 3 nitrogen and oxygen atoms in total. The van der Waals surface area contributed by atoms with Crippen LogP contribution < -0.4 is 4.74 Å². The number of unbranched alkanes of at least 4 members (excludes halogenated alkanes) is 3. The lowest BCUT2D eigenvalue weighted by Crippen LogP contribution is -2.51. The number of rotatable bonds is 6. The van der Waals surface area contributed by atoms with E-state index in [0.29, 0.717) is 0 Å². The highest BCUT2D eigenvalue weighted by Gasteiger charge is 2.47. The minimum absolute atomic E-state index is 0.254. The molecular formula is C23H27BrN2O. The van der Waals surface area contributed by atoms with E-state index in [-0.39, 0.29) is 11.8 Å². The Balaban J connectivity index is 1.65. The molecule has 0 aliphatic carbocycles. The van der Waals surface area contributed by atoms with Gasteiger partial charge in [-0.15, -0.1) is 0 Å². The summed E-state index contributed by atoms with van der Waals surface area (Å²) < 4.78 is 7.62. The molecule has 0 radical (unpaired) electrons. The van der Waals surface area contributed by atoms with Crippen LogP contribution in [0.25, 0.3) is 0 Å². The third-order valence-electron chi connectivity index (χ3n) is 5.67. The van der Waals surface area contributed by atoms with Crippen LogP contribution in [0.1, 0.15) is 69.5 Å². The van der Waals surface area contributed by atoms with Gasteiger partial charge >= 0.3 is 0 Å². The fourth-order valence-corrected chi connectivity index (χ4v) is 4.45. The first-order valence-corrected chi connectivity index (χ1v) is 10.8. The SMILES string of the molecule is CCCCCCC1(C)Oc2ccccc2C2CC(c3ccc(Br)cc3)=NN21. The second-order valence-corrected chi connectivity index (χ2v) is 8.66. The third kappa shape index (κ3) is 3.64. The Morgan fingerprint density at radius 1 is 1.11 bits per heavy atom. The van der Waals surface area contributed by atoms with Crippen LogP contribution in [0.15, 0.2) is 58.1 Å². The lowest BCUT2D eigenvalue weighted by molar-refractivity contribution is -0.112. The molecule has 142 valence electrons. The highest BCUT2D eigenvalue weighted by molar-refractivity contribution is 9.10. The van der Waals surface area contributed by atoms with E-state index in [1.807, 2.05) is 0 Å². The zero-order chi connectivity index (χ0) is 18.9. The van der Waals surface area contributed by atoms with Crippen LogP contribution in [-0.2, 0) is 0 Å².